The van der Waals surface area contributed by atoms with Crippen LogP contribution in [0, 0.1) is 0 Å². The van der Waals surface area contributed by atoms with Crippen molar-refractivity contribution < 1.29 is 36.3 Å². The van der Waals surface area contributed by atoms with E-state index in [0.717, 1.165) is 12.1 Å². The molecule has 1 amide bonds. The second-order valence-corrected chi connectivity index (χ2v) is 9.38. The number of rotatable bonds is 8. The molecule has 1 aliphatic heterocycles. The fourth-order valence-electron chi connectivity index (χ4n) is 3.30. The Bertz CT molecular complexity index is 1130. The van der Waals surface area contributed by atoms with Crippen LogP contribution >= 0.6 is 46.6 Å². The van der Waals surface area contributed by atoms with Crippen molar-refractivity contribution in [3.8, 4) is 5.75 Å². The van der Waals surface area contributed by atoms with E-state index in [-0.39, 0.29) is 34.5 Å². The average Bonchev–Trinajstić information content (AvgIpc) is 3.22. The zero-order valence-electron chi connectivity index (χ0n) is 17.7. The van der Waals surface area contributed by atoms with E-state index in [1.165, 1.54) is 23.9 Å². The normalized spacial score (nSPS) is 17.8. The molecule has 5 nitrogen and oxygen atoms in total. The van der Waals surface area contributed by atoms with Gasteiger partial charge >= 0.3 is 12.8 Å². The van der Waals surface area contributed by atoms with E-state index in [4.69, 9.17) is 39.6 Å². The predicted octanol–water partition coefficient (Wildman–Crippen LogP) is 6.81. The van der Waals surface area contributed by atoms with E-state index in [1.54, 1.807) is 12.3 Å². The number of benzene rings is 2. The Balaban J connectivity index is 1.88. The zero-order valence-corrected chi connectivity index (χ0v) is 20.8. The molecule has 190 valence electrons. The number of thioether (sulfide) groups is 1. The smallest absolute Gasteiger partial charge is 0.432 e. The van der Waals surface area contributed by atoms with E-state index >= 15 is 0 Å². The molecule has 0 aliphatic carbocycles. The zero-order chi connectivity index (χ0) is 26.0. The van der Waals surface area contributed by atoms with Crippen LogP contribution < -0.4 is 10.1 Å². The summed E-state index contributed by atoms with van der Waals surface area (Å²) in [6.45, 7) is -3.14. The van der Waals surface area contributed by atoms with E-state index in [1.807, 2.05) is 0 Å². The number of halogens is 8. The molecule has 1 unspecified atom stereocenters. The first kappa shape index (κ1) is 27.6. The summed E-state index contributed by atoms with van der Waals surface area (Å²) in [5.74, 6) is -0.578. The first-order valence-corrected chi connectivity index (χ1v) is 12.2. The quantitative estimate of drug-likeness (QED) is 0.350. The minimum absolute atomic E-state index is 0.0673. The molecule has 0 spiro atoms. The van der Waals surface area contributed by atoms with Gasteiger partial charge in [-0.15, -0.1) is 0 Å². The lowest BCUT2D eigenvalue weighted by Crippen LogP contribution is -2.42. The first-order chi connectivity index (χ1) is 16.4. The SMILES string of the molecule is CSCC(=O)NCc1ccc(C2=NOC(c3cc(Cl)c(OC(F)F)c(Cl)c3)(C(F)(F)F)C2)cc1Cl. The number of nitrogens with one attached hydrogen (secondary N) is 1. The lowest BCUT2D eigenvalue weighted by Gasteiger charge is -2.30. The van der Waals surface area contributed by atoms with Gasteiger partial charge in [-0.2, -0.15) is 33.7 Å². The largest absolute Gasteiger partial charge is 0.435 e. The van der Waals surface area contributed by atoms with Crippen LogP contribution in [-0.2, 0) is 21.8 Å². The van der Waals surface area contributed by atoms with Crippen LogP contribution in [-0.4, -0.2) is 36.4 Å². The Morgan fingerprint density at radius 2 is 1.86 bits per heavy atom. The molecule has 1 aliphatic rings. The van der Waals surface area contributed by atoms with Gasteiger partial charge in [-0.05, 0) is 30.0 Å². The maximum Gasteiger partial charge on any atom is 0.435 e. The van der Waals surface area contributed by atoms with Crippen LogP contribution in [0.2, 0.25) is 15.1 Å². The minimum atomic E-state index is -4.98. The third-order valence-electron chi connectivity index (χ3n) is 5.00. The highest BCUT2D eigenvalue weighted by Crippen LogP contribution is 2.51. The summed E-state index contributed by atoms with van der Waals surface area (Å²) in [5.41, 5.74) is -2.77. The predicted molar refractivity (Wildman–Crippen MR) is 125 cm³/mol. The van der Waals surface area contributed by atoms with Gasteiger partial charge in [0.05, 0.1) is 21.5 Å². The first-order valence-electron chi connectivity index (χ1n) is 9.68. The molecule has 3 rings (SSSR count). The lowest BCUT2D eigenvalue weighted by atomic mass is 9.86. The Hall–Kier alpha value is -1.95. The molecule has 0 saturated heterocycles. The number of alkyl halides is 5. The van der Waals surface area contributed by atoms with Crippen LogP contribution in [0.5, 0.6) is 5.75 Å². The minimum Gasteiger partial charge on any atom is -0.432 e. The molecule has 2 aromatic rings. The van der Waals surface area contributed by atoms with E-state index in [9.17, 15) is 26.7 Å². The summed E-state index contributed by atoms with van der Waals surface area (Å²) in [5, 5.41) is 5.42. The highest BCUT2D eigenvalue weighted by atomic mass is 35.5. The summed E-state index contributed by atoms with van der Waals surface area (Å²) in [6.07, 6.45) is -3.97. The molecule has 0 saturated carbocycles. The fourth-order valence-corrected chi connectivity index (χ4v) is 4.49. The number of carbonyl (C=O) groups excluding carboxylic acids is 1. The molecule has 0 fully saturated rings. The average molecular weight is 578 g/mol. The van der Waals surface area contributed by atoms with E-state index in [0.29, 0.717) is 5.56 Å². The van der Waals surface area contributed by atoms with Crippen LogP contribution in [0.3, 0.4) is 0 Å². The third kappa shape index (κ3) is 6.07. The molecule has 1 N–H and O–H groups in total. The maximum absolute atomic E-state index is 14.2. The number of amides is 1. The van der Waals surface area contributed by atoms with Crippen molar-refractivity contribution in [2.24, 2.45) is 5.16 Å². The molecular weight excluding hydrogens is 562 g/mol. The van der Waals surface area contributed by atoms with Gasteiger partial charge in [0, 0.05) is 29.1 Å². The van der Waals surface area contributed by atoms with Gasteiger partial charge in [-0.3, -0.25) is 4.79 Å². The second kappa shape index (κ2) is 11.0. The highest BCUT2D eigenvalue weighted by molar-refractivity contribution is 7.99. The summed E-state index contributed by atoms with van der Waals surface area (Å²) in [4.78, 5) is 16.6. The number of ether oxygens (including phenoxy) is 1. The van der Waals surface area contributed by atoms with Crippen molar-refractivity contribution in [2.75, 3.05) is 12.0 Å². The third-order valence-corrected chi connectivity index (χ3v) is 6.46. The summed E-state index contributed by atoms with van der Waals surface area (Å²) < 4.78 is 72.1. The van der Waals surface area contributed by atoms with Crippen molar-refractivity contribution in [2.45, 2.75) is 31.4 Å². The van der Waals surface area contributed by atoms with Gasteiger partial charge in [0.25, 0.3) is 5.60 Å². The number of hydrogen-bond donors (Lipinski definition) is 1. The summed E-state index contributed by atoms with van der Waals surface area (Å²) in [6, 6.07) is 6.05. The molecular formula is C21H16Cl3F5N2O3S. The maximum atomic E-state index is 14.2. The summed E-state index contributed by atoms with van der Waals surface area (Å²) >= 11 is 19.4. The standard InChI is InChI=1S/C21H16Cl3F5N2O3S/c1-35-9-17(32)30-8-11-3-2-10(4-13(11)22)16-7-20(34-31-16,21(27,28)29)12-5-14(23)18(15(24)6-12)33-19(25)26/h2-6,19H,7-9H2,1H3,(H,30,32). The number of carbonyl (C=O) groups is 1. The Labute approximate surface area is 215 Å². The Morgan fingerprint density at radius 3 is 2.40 bits per heavy atom. The highest BCUT2D eigenvalue weighted by Gasteiger charge is 2.62. The van der Waals surface area contributed by atoms with E-state index < -0.39 is 46.2 Å². The van der Waals surface area contributed by atoms with Gasteiger partial charge in [0.15, 0.2) is 5.75 Å². The summed E-state index contributed by atoms with van der Waals surface area (Å²) in [7, 11) is 0. The van der Waals surface area contributed by atoms with Gasteiger partial charge in [0.2, 0.25) is 5.91 Å². The topological polar surface area (TPSA) is 59.9 Å². The van der Waals surface area contributed by atoms with Gasteiger partial charge in [0.1, 0.15) is 0 Å². The number of oxime groups is 1. The van der Waals surface area contributed by atoms with Gasteiger partial charge < -0.3 is 14.9 Å². The van der Waals surface area contributed by atoms with Gasteiger partial charge in [-0.25, -0.2) is 0 Å². The number of hydrogen-bond acceptors (Lipinski definition) is 5. The molecule has 0 radical (unpaired) electrons. The molecule has 35 heavy (non-hydrogen) atoms. The van der Waals surface area contributed by atoms with Crippen molar-refractivity contribution in [1.29, 1.82) is 0 Å². The lowest BCUT2D eigenvalue weighted by molar-refractivity contribution is -0.275. The van der Waals surface area contributed by atoms with Crippen molar-refractivity contribution in [3.63, 3.8) is 0 Å². The fraction of sp³-hybridized carbons (Fsp3) is 0.333. The van der Waals surface area contributed by atoms with Crippen LogP contribution in [0.25, 0.3) is 0 Å². The molecule has 0 bridgehead atoms. The van der Waals surface area contributed by atoms with E-state index in [2.05, 4.69) is 15.2 Å². The molecule has 14 heteroatoms. The Kier molecular flexibility index (Phi) is 8.67. The monoisotopic (exact) mass is 576 g/mol. The van der Waals surface area contributed by atoms with Gasteiger partial charge in [-0.1, -0.05) is 52.1 Å². The number of nitrogens with zero attached hydrogens (tertiary/aromatic N) is 1. The second-order valence-electron chi connectivity index (χ2n) is 7.29. The molecule has 1 atom stereocenters. The van der Waals surface area contributed by atoms with Crippen LogP contribution in [0.4, 0.5) is 22.0 Å². The molecule has 0 aromatic heterocycles. The van der Waals surface area contributed by atoms with Crippen LogP contribution in [0.15, 0.2) is 35.5 Å². The molecule has 2 aromatic carbocycles. The molecule has 1 heterocycles. The van der Waals surface area contributed by atoms with Crippen molar-refractivity contribution in [1.82, 2.24) is 5.32 Å². The Morgan fingerprint density at radius 1 is 1.20 bits per heavy atom. The van der Waals surface area contributed by atoms with Crippen molar-refractivity contribution in [3.05, 3.63) is 62.1 Å². The van der Waals surface area contributed by atoms with Crippen molar-refractivity contribution >= 4 is 58.2 Å². The van der Waals surface area contributed by atoms with Crippen LogP contribution in [0.1, 0.15) is 23.1 Å².